The van der Waals surface area contributed by atoms with Crippen molar-refractivity contribution < 1.29 is 9.18 Å². The molecule has 1 saturated heterocycles. The Labute approximate surface area is 134 Å². The number of likely N-dealkylation sites (tertiary alicyclic amines) is 1. The molecule has 1 aromatic carbocycles. The molecule has 120 valence electrons. The maximum absolute atomic E-state index is 13.7. The van der Waals surface area contributed by atoms with E-state index < -0.39 is 11.9 Å². The number of nitrogens with two attached hydrogens (primary N) is 1. The number of amides is 1. The molecule has 0 aliphatic carbocycles. The smallest absolute Gasteiger partial charge is 0.249 e. The first kappa shape index (κ1) is 15.6. The molecule has 0 bridgehead atoms. The molecule has 0 atom stereocenters. The average molecular weight is 314 g/mol. The summed E-state index contributed by atoms with van der Waals surface area (Å²) in [5.74, 6) is -0.995. The van der Waals surface area contributed by atoms with Gasteiger partial charge < -0.3 is 10.6 Å². The van der Waals surface area contributed by atoms with Crippen molar-refractivity contribution in [3.8, 4) is 11.3 Å². The van der Waals surface area contributed by atoms with Crippen LogP contribution in [0.1, 0.15) is 34.8 Å². The van der Waals surface area contributed by atoms with Crippen LogP contribution in [-0.4, -0.2) is 40.9 Å². The summed E-state index contributed by atoms with van der Waals surface area (Å²) >= 11 is 0. The van der Waals surface area contributed by atoms with E-state index in [1.54, 1.807) is 18.2 Å². The minimum atomic E-state index is -0.598. The highest BCUT2D eigenvalue weighted by Gasteiger charge is 2.25. The summed E-state index contributed by atoms with van der Waals surface area (Å²) in [6.07, 6.45) is 2.87. The Kier molecular flexibility index (Phi) is 4.34. The van der Waals surface area contributed by atoms with Crippen LogP contribution in [-0.2, 0) is 0 Å². The van der Waals surface area contributed by atoms with Crippen molar-refractivity contribution in [1.82, 2.24) is 14.9 Å². The molecule has 0 radical (unpaired) electrons. The molecule has 3 rings (SSSR count). The highest BCUT2D eigenvalue weighted by Crippen LogP contribution is 2.33. The van der Waals surface area contributed by atoms with Gasteiger partial charge in [-0.05, 0) is 39.0 Å². The number of benzene rings is 1. The number of piperidine rings is 1. The number of carbonyl (C=O) groups excluding carboxylic acids is 1. The van der Waals surface area contributed by atoms with E-state index in [4.69, 9.17) is 5.73 Å². The van der Waals surface area contributed by atoms with E-state index >= 15 is 0 Å². The van der Waals surface area contributed by atoms with E-state index in [-0.39, 0.29) is 5.92 Å². The number of primary amides is 1. The van der Waals surface area contributed by atoms with Gasteiger partial charge in [-0.1, -0.05) is 18.2 Å². The quantitative estimate of drug-likeness (QED) is 0.942. The predicted molar refractivity (Wildman–Crippen MR) is 85.4 cm³/mol. The third kappa shape index (κ3) is 3.22. The van der Waals surface area contributed by atoms with Gasteiger partial charge in [-0.3, -0.25) is 4.79 Å². The van der Waals surface area contributed by atoms with Crippen molar-refractivity contribution >= 4 is 5.91 Å². The third-order valence-electron chi connectivity index (χ3n) is 4.32. The molecule has 5 nitrogen and oxygen atoms in total. The van der Waals surface area contributed by atoms with Gasteiger partial charge in [0.05, 0.1) is 17.6 Å². The van der Waals surface area contributed by atoms with Crippen molar-refractivity contribution in [2.24, 2.45) is 5.73 Å². The molecular weight excluding hydrogens is 295 g/mol. The van der Waals surface area contributed by atoms with Crippen molar-refractivity contribution in [3.05, 3.63) is 47.7 Å². The molecule has 23 heavy (non-hydrogen) atoms. The molecule has 0 unspecified atom stereocenters. The van der Waals surface area contributed by atoms with Gasteiger partial charge in [-0.15, -0.1) is 0 Å². The maximum Gasteiger partial charge on any atom is 0.249 e. The van der Waals surface area contributed by atoms with Gasteiger partial charge in [0.15, 0.2) is 0 Å². The first-order valence-electron chi connectivity index (χ1n) is 7.66. The van der Waals surface area contributed by atoms with Crippen LogP contribution in [0, 0.1) is 5.95 Å². The van der Waals surface area contributed by atoms with Crippen LogP contribution in [0.5, 0.6) is 0 Å². The van der Waals surface area contributed by atoms with Crippen molar-refractivity contribution in [2.75, 3.05) is 20.1 Å². The monoisotopic (exact) mass is 314 g/mol. The van der Waals surface area contributed by atoms with Gasteiger partial charge in [-0.25, -0.2) is 9.97 Å². The fourth-order valence-corrected chi connectivity index (χ4v) is 3.06. The lowest BCUT2D eigenvalue weighted by molar-refractivity contribution is 0.100. The Hall–Kier alpha value is -2.34. The number of hydrogen-bond donors (Lipinski definition) is 1. The van der Waals surface area contributed by atoms with Crippen LogP contribution in [0.4, 0.5) is 4.39 Å². The second kappa shape index (κ2) is 6.42. The van der Waals surface area contributed by atoms with E-state index in [0.717, 1.165) is 32.1 Å². The number of carbonyl (C=O) groups is 1. The first-order valence-corrected chi connectivity index (χ1v) is 7.66. The van der Waals surface area contributed by atoms with Gasteiger partial charge >= 0.3 is 0 Å². The maximum atomic E-state index is 13.7. The van der Waals surface area contributed by atoms with Crippen LogP contribution >= 0.6 is 0 Å². The fraction of sp³-hybridized carbons (Fsp3) is 0.353. The van der Waals surface area contributed by atoms with Crippen LogP contribution in [0.2, 0.25) is 0 Å². The lowest BCUT2D eigenvalue weighted by Crippen LogP contribution is -2.30. The van der Waals surface area contributed by atoms with E-state index in [1.807, 2.05) is 6.07 Å². The van der Waals surface area contributed by atoms with Gasteiger partial charge in [0, 0.05) is 17.0 Å². The highest BCUT2D eigenvalue weighted by atomic mass is 19.1. The van der Waals surface area contributed by atoms with Crippen molar-refractivity contribution in [1.29, 1.82) is 0 Å². The van der Waals surface area contributed by atoms with Gasteiger partial charge in [-0.2, -0.15) is 4.39 Å². The molecule has 1 aliphatic rings. The Bertz CT molecular complexity index is 726. The zero-order valence-electron chi connectivity index (χ0n) is 13.0. The predicted octanol–water partition coefficient (Wildman–Crippen LogP) is 2.19. The molecule has 2 heterocycles. The first-order chi connectivity index (χ1) is 11.1. The summed E-state index contributed by atoms with van der Waals surface area (Å²) in [6, 6.07) is 6.99. The molecule has 1 amide bonds. The number of halogens is 1. The molecule has 2 aromatic rings. The summed E-state index contributed by atoms with van der Waals surface area (Å²) in [7, 11) is 2.07. The third-order valence-corrected chi connectivity index (χ3v) is 4.32. The molecule has 2 N–H and O–H groups in total. The van der Waals surface area contributed by atoms with Crippen LogP contribution in [0.15, 0.2) is 30.5 Å². The lowest BCUT2D eigenvalue weighted by Gasteiger charge is -2.29. The summed E-state index contributed by atoms with van der Waals surface area (Å²) < 4.78 is 13.7. The topological polar surface area (TPSA) is 72.1 Å². The van der Waals surface area contributed by atoms with E-state index in [1.165, 1.54) is 0 Å². The fourth-order valence-electron chi connectivity index (χ4n) is 3.06. The SMILES string of the molecule is CN1CCC(c2nc(F)cnc2-c2ccccc2C(N)=O)CC1. The Balaban J connectivity index is 2.08. The van der Waals surface area contributed by atoms with E-state index in [0.29, 0.717) is 22.5 Å². The molecule has 6 heteroatoms. The standard InChI is InChI=1S/C17H19FN4O/c1-22-8-6-11(7-9-22)15-16(20-10-14(18)21-15)12-4-2-3-5-13(12)17(19)23/h2-5,10-11H,6-9H2,1H3,(H2,19,23). The largest absolute Gasteiger partial charge is 0.366 e. The summed E-state index contributed by atoms with van der Waals surface area (Å²) in [4.78, 5) is 22.2. The Morgan fingerprint density at radius 2 is 2.00 bits per heavy atom. The highest BCUT2D eigenvalue weighted by molar-refractivity contribution is 5.99. The van der Waals surface area contributed by atoms with Crippen LogP contribution in [0.25, 0.3) is 11.3 Å². The molecule has 0 spiro atoms. The molecule has 1 aliphatic heterocycles. The molecule has 0 saturated carbocycles. The normalized spacial score (nSPS) is 16.4. The molecule has 1 aromatic heterocycles. The van der Waals surface area contributed by atoms with Gasteiger partial charge in [0.25, 0.3) is 0 Å². The van der Waals surface area contributed by atoms with E-state index in [2.05, 4.69) is 21.9 Å². The van der Waals surface area contributed by atoms with Gasteiger partial charge in [0.1, 0.15) is 0 Å². The van der Waals surface area contributed by atoms with Crippen LogP contribution < -0.4 is 5.73 Å². The van der Waals surface area contributed by atoms with Crippen molar-refractivity contribution in [3.63, 3.8) is 0 Å². The minimum absolute atomic E-state index is 0.130. The Morgan fingerprint density at radius 3 is 2.70 bits per heavy atom. The molecular formula is C17H19FN4O. The van der Waals surface area contributed by atoms with Crippen LogP contribution in [0.3, 0.4) is 0 Å². The second-order valence-corrected chi connectivity index (χ2v) is 5.91. The number of hydrogen-bond acceptors (Lipinski definition) is 4. The second-order valence-electron chi connectivity index (χ2n) is 5.91. The number of nitrogens with zero attached hydrogens (tertiary/aromatic N) is 3. The van der Waals surface area contributed by atoms with E-state index in [9.17, 15) is 9.18 Å². The summed E-state index contributed by atoms with van der Waals surface area (Å²) in [6.45, 7) is 1.86. The average Bonchev–Trinajstić information content (AvgIpc) is 2.55. The minimum Gasteiger partial charge on any atom is -0.366 e. The van der Waals surface area contributed by atoms with Crippen molar-refractivity contribution in [2.45, 2.75) is 18.8 Å². The summed E-state index contributed by atoms with van der Waals surface area (Å²) in [5, 5.41) is 0. The summed E-state index contributed by atoms with van der Waals surface area (Å²) in [5.41, 5.74) is 7.62. The molecule has 1 fully saturated rings. The number of aromatic nitrogens is 2. The zero-order chi connectivity index (χ0) is 16.4. The zero-order valence-corrected chi connectivity index (χ0v) is 13.0. The van der Waals surface area contributed by atoms with Gasteiger partial charge in [0.2, 0.25) is 11.9 Å². The Morgan fingerprint density at radius 1 is 1.30 bits per heavy atom. The lowest BCUT2D eigenvalue weighted by atomic mass is 9.89. The number of rotatable bonds is 3.